The Labute approximate surface area is 119 Å². The summed E-state index contributed by atoms with van der Waals surface area (Å²) in [5, 5.41) is 12.4. The van der Waals surface area contributed by atoms with Gasteiger partial charge in [-0.15, -0.1) is 0 Å². The van der Waals surface area contributed by atoms with Crippen LogP contribution < -0.4 is 14.8 Å². The Balaban J connectivity index is 1.75. The third-order valence-corrected chi connectivity index (χ3v) is 3.83. The molecule has 0 bridgehead atoms. The van der Waals surface area contributed by atoms with Crippen molar-refractivity contribution in [1.29, 1.82) is 0 Å². The SMILES string of the molecule is O=C(O)[C@@H]1Cc2[nH]cnc2[C@H](c2ccc3c(c2)OCO3)N1. The molecule has 2 aliphatic rings. The highest BCUT2D eigenvalue weighted by molar-refractivity contribution is 5.74. The first-order chi connectivity index (χ1) is 10.2. The summed E-state index contributed by atoms with van der Waals surface area (Å²) in [4.78, 5) is 18.7. The van der Waals surface area contributed by atoms with Gasteiger partial charge in [-0.05, 0) is 17.7 Å². The summed E-state index contributed by atoms with van der Waals surface area (Å²) in [7, 11) is 0. The molecule has 1 aromatic heterocycles. The molecule has 0 saturated heterocycles. The number of fused-ring (bicyclic) bond motifs is 2. The zero-order chi connectivity index (χ0) is 14.4. The molecule has 0 radical (unpaired) electrons. The summed E-state index contributed by atoms with van der Waals surface area (Å²) < 4.78 is 10.7. The molecule has 0 spiro atoms. The molecule has 7 nitrogen and oxygen atoms in total. The van der Waals surface area contributed by atoms with Crippen molar-refractivity contribution in [2.45, 2.75) is 18.5 Å². The van der Waals surface area contributed by atoms with Gasteiger partial charge in [0.05, 0.1) is 18.1 Å². The summed E-state index contributed by atoms with van der Waals surface area (Å²) >= 11 is 0. The van der Waals surface area contributed by atoms with Crippen LogP contribution in [0.2, 0.25) is 0 Å². The van der Waals surface area contributed by atoms with E-state index in [1.54, 1.807) is 6.33 Å². The summed E-state index contributed by atoms with van der Waals surface area (Å²) in [6.07, 6.45) is 1.99. The smallest absolute Gasteiger partial charge is 0.321 e. The van der Waals surface area contributed by atoms with Gasteiger partial charge in [0.25, 0.3) is 0 Å². The summed E-state index contributed by atoms with van der Waals surface area (Å²) in [5.74, 6) is 0.497. The second-order valence-corrected chi connectivity index (χ2v) is 5.07. The van der Waals surface area contributed by atoms with Crippen LogP contribution in [0.25, 0.3) is 0 Å². The van der Waals surface area contributed by atoms with Crippen molar-refractivity contribution >= 4 is 5.97 Å². The molecule has 0 aliphatic carbocycles. The van der Waals surface area contributed by atoms with Gasteiger partial charge in [-0.3, -0.25) is 10.1 Å². The maximum atomic E-state index is 11.3. The minimum absolute atomic E-state index is 0.211. The summed E-state index contributed by atoms with van der Waals surface area (Å²) in [5.41, 5.74) is 2.58. The lowest BCUT2D eigenvalue weighted by atomic mass is 9.94. The van der Waals surface area contributed by atoms with Crippen LogP contribution in [0.15, 0.2) is 24.5 Å². The third-order valence-electron chi connectivity index (χ3n) is 3.83. The van der Waals surface area contributed by atoms with Gasteiger partial charge >= 0.3 is 5.97 Å². The number of nitrogens with zero attached hydrogens (tertiary/aromatic N) is 1. The highest BCUT2D eigenvalue weighted by atomic mass is 16.7. The van der Waals surface area contributed by atoms with E-state index in [0.717, 1.165) is 17.0 Å². The van der Waals surface area contributed by atoms with E-state index >= 15 is 0 Å². The largest absolute Gasteiger partial charge is 0.480 e. The number of hydrogen-bond donors (Lipinski definition) is 3. The fourth-order valence-electron chi connectivity index (χ4n) is 2.79. The second kappa shape index (κ2) is 4.49. The molecule has 0 amide bonds. The van der Waals surface area contributed by atoms with E-state index in [-0.39, 0.29) is 12.8 Å². The maximum Gasteiger partial charge on any atom is 0.321 e. The molecule has 3 heterocycles. The number of ether oxygens (including phenoxy) is 2. The number of carbonyl (C=O) groups is 1. The number of rotatable bonds is 2. The molecule has 7 heteroatoms. The van der Waals surface area contributed by atoms with Gasteiger partial charge in [0.2, 0.25) is 6.79 Å². The molecule has 21 heavy (non-hydrogen) atoms. The van der Waals surface area contributed by atoms with Crippen LogP contribution in [-0.2, 0) is 11.2 Å². The van der Waals surface area contributed by atoms with Crippen LogP contribution in [0.5, 0.6) is 11.5 Å². The quantitative estimate of drug-likeness (QED) is 0.757. The van der Waals surface area contributed by atoms with Crippen molar-refractivity contribution in [2.24, 2.45) is 0 Å². The number of aromatic nitrogens is 2. The lowest BCUT2D eigenvalue weighted by Crippen LogP contribution is -2.45. The number of carboxylic acid groups (broad SMARTS) is 1. The molecular weight excluding hydrogens is 274 g/mol. The van der Waals surface area contributed by atoms with E-state index < -0.39 is 12.0 Å². The van der Waals surface area contributed by atoms with E-state index in [1.165, 1.54) is 0 Å². The van der Waals surface area contributed by atoms with Crippen molar-refractivity contribution < 1.29 is 19.4 Å². The van der Waals surface area contributed by atoms with Gasteiger partial charge in [0.1, 0.15) is 6.04 Å². The molecule has 0 unspecified atom stereocenters. The Morgan fingerprint density at radius 3 is 3.05 bits per heavy atom. The van der Waals surface area contributed by atoms with E-state index in [4.69, 9.17) is 9.47 Å². The van der Waals surface area contributed by atoms with Crippen molar-refractivity contribution in [3.8, 4) is 11.5 Å². The molecule has 4 rings (SSSR count). The Morgan fingerprint density at radius 2 is 2.19 bits per heavy atom. The monoisotopic (exact) mass is 287 g/mol. The van der Waals surface area contributed by atoms with Crippen LogP contribution in [-0.4, -0.2) is 33.9 Å². The molecular formula is C14H13N3O4. The zero-order valence-corrected chi connectivity index (χ0v) is 11.0. The number of aromatic amines is 1. The normalized spacial score (nSPS) is 22.9. The van der Waals surface area contributed by atoms with E-state index in [9.17, 15) is 9.90 Å². The van der Waals surface area contributed by atoms with E-state index in [2.05, 4.69) is 15.3 Å². The van der Waals surface area contributed by atoms with Crippen molar-refractivity contribution in [2.75, 3.05) is 6.79 Å². The van der Waals surface area contributed by atoms with Gasteiger partial charge in [0.15, 0.2) is 11.5 Å². The number of hydrogen-bond acceptors (Lipinski definition) is 5. The maximum absolute atomic E-state index is 11.3. The average molecular weight is 287 g/mol. The first kappa shape index (κ1) is 12.2. The lowest BCUT2D eigenvalue weighted by molar-refractivity contribution is -0.139. The highest BCUT2D eigenvalue weighted by Crippen LogP contribution is 2.37. The molecule has 2 aromatic rings. The van der Waals surface area contributed by atoms with Crippen molar-refractivity contribution in [3.63, 3.8) is 0 Å². The first-order valence-electron chi connectivity index (χ1n) is 6.63. The Kier molecular flexibility index (Phi) is 2.61. The van der Waals surface area contributed by atoms with Crippen LogP contribution in [0, 0.1) is 0 Å². The number of H-pyrrole nitrogens is 1. The predicted molar refractivity (Wildman–Crippen MR) is 71.3 cm³/mol. The Bertz CT molecular complexity index is 712. The standard InChI is InChI=1S/C14H13N3O4/c18-14(19)9-4-8-13(16-5-15-8)12(17-9)7-1-2-10-11(3-7)21-6-20-10/h1-3,5,9,12,17H,4,6H2,(H,15,16)(H,18,19)/t9-,12-/m0/s1. The van der Waals surface area contributed by atoms with Crippen molar-refractivity contribution in [1.82, 2.24) is 15.3 Å². The van der Waals surface area contributed by atoms with E-state index in [0.29, 0.717) is 17.9 Å². The third kappa shape index (κ3) is 1.93. The van der Waals surface area contributed by atoms with Crippen LogP contribution in [0.4, 0.5) is 0 Å². The van der Waals surface area contributed by atoms with Crippen LogP contribution in [0.1, 0.15) is 23.0 Å². The van der Waals surface area contributed by atoms with Gasteiger partial charge < -0.3 is 19.6 Å². The highest BCUT2D eigenvalue weighted by Gasteiger charge is 2.33. The van der Waals surface area contributed by atoms with E-state index in [1.807, 2.05) is 18.2 Å². The number of aliphatic carboxylic acids is 1. The van der Waals surface area contributed by atoms with Crippen LogP contribution in [0.3, 0.4) is 0 Å². The Morgan fingerprint density at radius 1 is 1.33 bits per heavy atom. The predicted octanol–water partition coefficient (Wildman–Crippen LogP) is 0.827. The topological polar surface area (TPSA) is 96.5 Å². The Hall–Kier alpha value is -2.54. The molecule has 3 N–H and O–H groups in total. The summed E-state index contributed by atoms with van der Waals surface area (Å²) in [6.45, 7) is 0.211. The van der Waals surface area contributed by atoms with Gasteiger partial charge in [-0.25, -0.2) is 4.98 Å². The minimum atomic E-state index is -0.874. The molecule has 108 valence electrons. The molecule has 1 aromatic carbocycles. The number of imidazole rings is 1. The number of nitrogens with one attached hydrogen (secondary N) is 2. The van der Waals surface area contributed by atoms with Gasteiger partial charge in [-0.1, -0.05) is 6.07 Å². The molecule has 2 atom stereocenters. The fourth-order valence-corrected chi connectivity index (χ4v) is 2.79. The van der Waals surface area contributed by atoms with Crippen molar-refractivity contribution in [3.05, 3.63) is 41.5 Å². The lowest BCUT2D eigenvalue weighted by Gasteiger charge is -2.28. The van der Waals surface area contributed by atoms with Gasteiger partial charge in [0, 0.05) is 12.1 Å². The van der Waals surface area contributed by atoms with Crippen LogP contribution >= 0.6 is 0 Å². The number of carboxylic acids is 1. The zero-order valence-electron chi connectivity index (χ0n) is 11.0. The fraction of sp³-hybridized carbons (Fsp3) is 0.286. The second-order valence-electron chi connectivity index (χ2n) is 5.07. The molecule has 0 saturated carbocycles. The average Bonchev–Trinajstić information content (AvgIpc) is 3.13. The minimum Gasteiger partial charge on any atom is -0.480 e. The van der Waals surface area contributed by atoms with Gasteiger partial charge in [-0.2, -0.15) is 0 Å². The molecule has 0 fully saturated rings. The summed E-state index contributed by atoms with van der Waals surface area (Å²) in [6, 6.07) is 4.66. The number of benzene rings is 1. The first-order valence-corrected chi connectivity index (χ1v) is 6.63. The molecule has 2 aliphatic heterocycles.